The first kappa shape index (κ1) is 14.1. The van der Waals surface area contributed by atoms with E-state index in [1.165, 1.54) is 0 Å². The molecule has 0 aliphatic heterocycles. The third-order valence-electron chi connectivity index (χ3n) is 3.40. The first-order valence-corrected chi connectivity index (χ1v) is 7.00. The molecule has 110 valence electrons. The molecular weight excluding hydrogens is 276 g/mol. The highest BCUT2D eigenvalue weighted by Crippen LogP contribution is 2.16. The van der Waals surface area contributed by atoms with Gasteiger partial charge in [0.1, 0.15) is 11.1 Å². The van der Waals surface area contributed by atoms with Gasteiger partial charge in [-0.15, -0.1) is 0 Å². The fourth-order valence-electron chi connectivity index (χ4n) is 2.49. The van der Waals surface area contributed by atoms with Crippen LogP contribution in [-0.2, 0) is 0 Å². The molecule has 4 nitrogen and oxygen atoms in total. The summed E-state index contributed by atoms with van der Waals surface area (Å²) in [6, 6.07) is 14.8. The Morgan fingerprint density at radius 1 is 1.05 bits per heavy atom. The van der Waals surface area contributed by atoms with Gasteiger partial charge in [0.25, 0.3) is 5.91 Å². The number of hydrogen-bond acceptors (Lipinski definition) is 3. The number of carbonyl (C=O) groups is 1. The molecule has 1 heterocycles. The van der Waals surface area contributed by atoms with Gasteiger partial charge in [-0.05, 0) is 49.2 Å². The van der Waals surface area contributed by atoms with Gasteiger partial charge in [-0.3, -0.25) is 10.2 Å². The predicted molar refractivity (Wildman–Crippen MR) is 85.9 cm³/mol. The lowest BCUT2D eigenvalue weighted by molar-refractivity contribution is 0.102. The van der Waals surface area contributed by atoms with E-state index in [4.69, 9.17) is 9.83 Å². The summed E-state index contributed by atoms with van der Waals surface area (Å²) in [5, 5.41) is 11.5. The molecule has 0 aliphatic rings. The van der Waals surface area contributed by atoms with Crippen LogP contribution in [0, 0.1) is 19.3 Å². The summed E-state index contributed by atoms with van der Waals surface area (Å²) in [4.78, 5) is 12.4. The predicted octanol–water partition coefficient (Wildman–Crippen LogP) is 3.78. The van der Waals surface area contributed by atoms with Gasteiger partial charge in [0.2, 0.25) is 5.55 Å². The first-order chi connectivity index (χ1) is 10.5. The molecule has 0 saturated heterocycles. The van der Waals surface area contributed by atoms with Crippen molar-refractivity contribution in [2.24, 2.45) is 0 Å². The molecular formula is C18H16N2O2. The monoisotopic (exact) mass is 292 g/mol. The molecule has 0 unspecified atom stereocenters. The summed E-state index contributed by atoms with van der Waals surface area (Å²) in [7, 11) is 0. The Morgan fingerprint density at radius 3 is 2.45 bits per heavy atom. The minimum atomic E-state index is -0.343. The largest absolute Gasteiger partial charge is 0.438 e. The van der Waals surface area contributed by atoms with E-state index in [0.717, 1.165) is 22.2 Å². The van der Waals surface area contributed by atoms with Crippen LogP contribution in [0.2, 0.25) is 0 Å². The Balaban J connectivity index is 1.98. The third-order valence-corrected chi connectivity index (χ3v) is 3.40. The van der Waals surface area contributed by atoms with E-state index in [-0.39, 0.29) is 17.0 Å². The molecule has 3 aromatic rings. The summed E-state index contributed by atoms with van der Waals surface area (Å²) in [6.45, 7) is 3.95. The molecule has 0 bridgehead atoms. The molecule has 0 spiro atoms. The Kier molecular flexibility index (Phi) is 3.51. The van der Waals surface area contributed by atoms with Gasteiger partial charge in [-0.1, -0.05) is 24.3 Å². The van der Waals surface area contributed by atoms with Crippen LogP contribution in [-0.4, -0.2) is 5.91 Å². The fraction of sp³-hybridized carbons (Fsp3) is 0.111. The molecule has 4 heteroatoms. The number of para-hydroxylation sites is 1. The van der Waals surface area contributed by atoms with Crippen LogP contribution >= 0.6 is 0 Å². The number of rotatable bonds is 2. The molecule has 3 rings (SSSR count). The van der Waals surface area contributed by atoms with Crippen molar-refractivity contribution in [2.45, 2.75) is 13.8 Å². The minimum absolute atomic E-state index is 0.138. The molecule has 2 aromatic carbocycles. The van der Waals surface area contributed by atoms with Crippen LogP contribution in [0.4, 0.5) is 5.69 Å². The highest BCUT2D eigenvalue weighted by Gasteiger charge is 2.12. The number of fused-ring (bicyclic) bond motifs is 1. The van der Waals surface area contributed by atoms with Crippen molar-refractivity contribution < 1.29 is 9.21 Å². The van der Waals surface area contributed by atoms with E-state index < -0.39 is 0 Å². The van der Waals surface area contributed by atoms with Crippen molar-refractivity contribution in [3.8, 4) is 0 Å². The molecule has 0 saturated carbocycles. The van der Waals surface area contributed by atoms with Crippen LogP contribution in [0.3, 0.4) is 0 Å². The van der Waals surface area contributed by atoms with Gasteiger partial charge in [-0.2, -0.15) is 0 Å². The van der Waals surface area contributed by atoms with Crippen LogP contribution in [0.1, 0.15) is 21.5 Å². The number of carbonyl (C=O) groups excluding carboxylic acids is 1. The quantitative estimate of drug-likeness (QED) is 0.754. The van der Waals surface area contributed by atoms with Gasteiger partial charge >= 0.3 is 0 Å². The molecule has 0 radical (unpaired) electrons. The number of anilines is 1. The number of nitrogens with one attached hydrogen (secondary N) is 2. The number of aryl methyl sites for hydroxylation is 2. The lowest BCUT2D eigenvalue weighted by atomic mass is 10.1. The smallest absolute Gasteiger partial charge is 0.261 e. The van der Waals surface area contributed by atoms with E-state index in [0.29, 0.717) is 5.58 Å². The van der Waals surface area contributed by atoms with E-state index >= 15 is 0 Å². The molecule has 1 aromatic heterocycles. The number of benzene rings is 2. The van der Waals surface area contributed by atoms with Crippen LogP contribution in [0.5, 0.6) is 0 Å². The summed E-state index contributed by atoms with van der Waals surface area (Å²) < 4.78 is 5.40. The molecule has 1 amide bonds. The van der Waals surface area contributed by atoms with Gasteiger partial charge in [0.15, 0.2) is 0 Å². The normalized spacial score (nSPS) is 10.6. The fourth-order valence-corrected chi connectivity index (χ4v) is 2.49. The Bertz CT molecular complexity index is 906. The van der Waals surface area contributed by atoms with Gasteiger partial charge < -0.3 is 9.73 Å². The van der Waals surface area contributed by atoms with Crippen molar-refractivity contribution in [3.63, 3.8) is 0 Å². The average Bonchev–Trinajstić information content (AvgIpc) is 2.45. The van der Waals surface area contributed by atoms with E-state index in [9.17, 15) is 4.79 Å². The maximum absolute atomic E-state index is 12.4. The molecule has 0 atom stereocenters. The SMILES string of the molecule is Cc1cc(C)cc(NC(=O)c2cc3ccccc3oc2=N)c1. The van der Waals surface area contributed by atoms with Gasteiger partial charge in [0.05, 0.1) is 0 Å². The zero-order chi connectivity index (χ0) is 15.7. The van der Waals surface area contributed by atoms with E-state index in [1.807, 2.05) is 50.2 Å². The second kappa shape index (κ2) is 5.48. The average molecular weight is 292 g/mol. The summed E-state index contributed by atoms with van der Waals surface area (Å²) in [5.41, 5.74) is 3.54. The summed E-state index contributed by atoms with van der Waals surface area (Å²) in [5.74, 6) is -0.343. The molecule has 0 fully saturated rings. The van der Waals surface area contributed by atoms with Gasteiger partial charge in [-0.25, -0.2) is 0 Å². The van der Waals surface area contributed by atoms with Crippen LogP contribution in [0.15, 0.2) is 52.9 Å². The molecule has 22 heavy (non-hydrogen) atoms. The Morgan fingerprint density at radius 2 is 1.73 bits per heavy atom. The lowest BCUT2D eigenvalue weighted by Crippen LogP contribution is -2.20. The van der Waals surface area contributed by atoms with E-state index in [1.54, 1.807) is 12.1 Å². The highest BCUT2D eigenvalue weighted by atomic mass is 16.3. The van der Waals surface area contributed by atoms with Crippen LogP contribution < -0.4 is 10.9 Å². The zero-order valence-corrected chi connectivity index (χ0v) is 12.4. The topological polar surface area (TPSA) is 66.1 Å². The zero-order valence-electron chi connectivity index (χ0n) is 12.4. The van der Waals surface area contributed by atoms with Crippen molar-refractivity contribution in [3.05, 3.63) is 70.8 Å². The Labute approximate surface area is 127 Å². The molecule has 0 aliphatic carbocycles. The maximum Gasteiger partial charge on any atom is 0.261 e. The van der Waals surface area contributed by atoms with E-state index in [2.05, 4.69) is 5.32 Å². The second-order valence-corrected chi connectivity index (χ2v) is 5.36. The summed E-state index contributed by atoms with van der Waals surface area (Å²) in [6.07, 6.45) is 0. The lowest BCUT2D eigenvalue weighted by Gasteiger charge is -2.08. The van der Waals surface area contributed by atoms with Crippen molar-refractivity contribution in [1.29, 1.82) is 5.41 Å². The van der Waals surface area contributed by atoms with Crippen molar-refractivity contribution in [2.75, 3.05) is 5.32 Å². The van der Waals surface area contributed by atoms with Crippen molar-refractivity contribution >= 4 is 22.6 Å². The molecule has 2 N–H and O–H groups in total. The maximum atomic E-state index is 12.4. The van der Waals surface area contributed by atoms with Crippen molar-refractivity contribution in [1.82, 2.24) is 0 Å². The Hall–Kier alpha value is -2.88. The minimum Gasteiger partial charge on any atom is -0.438 e. The third kappa shape index (κ3) is 2.76. The number of hydrogen-bond donors (Lipinski definition) is 2. The second-order valence-electron chi connectivity index (χ2n) is 5.36. The van der Waals surface area contributed by atoms with Crippen LogP contribution in [0.25, 0.3) is 11.0 Å². The summed E-state index contributed by atoms with van der Waals surface area (Å²) >= 11 is 0. The standard InChI is InChI=1S/C18H16N2O2/c1-11-7-12(2)9-14(8-11)20-18(21)15-10-13-5-3-4-6-16(13)22-17(15)19/h3-10,19H,1-2H3,(H,20,21). The number of amides is 1. The first-order valence-electron chi connectivity index (χ1n) is 7.00. The van der Waals surface area contributed by atoms with Gasteiger partial charge in [0, 0.05) is 11.1 Å². The highest BCUT2D eigenvalue weighted by molar-refractivity contribution is 6.05.